The number of aromatic carboxylic acids is 1. The van der Waals surface area contributed by atoms with E-state index >= 15 is 0 Å². The van der Waals surface area contributed by atoms with Crippen LogP contribution in [0.5, 0.6) is 0 Å². The zero-order chi connectivity index (χ0) is 10.8. The highest BCUT2D eigenvalue weighted by Crippen LogP contribution is 2.33. The minimum Gasteiger partial charge on any atom is -0.477 e. The van der Waals surface area contributed by atoms with Crippen LogP contribution in [0.3, 0.4) is 0 Å². The molecule has 1 aliphatic rings. The molecule has 1 N–H and O–H groups in total. The van der Waals surface area contributed by atoms with Crippen LogP contribution in [0.2, 0.25) is 5.02 Å². The Morgan fingerprint density at radius 3 is 2.93 bits per heavy atom. The van der Waals surface area contributed by atoms with Crippen LogP contribution in [-0.4, -0.2) is 15.6 Å². The molecule has 1 saturated carbocycles. The average Bonchev–Trinajstić information content (AvgIpc) is 2.89. The van der Waals surface area contributed by atoms with Gasteiger partial charge in [0.15, 0.2) is 0 Å². The highest BCUT2D eigenvalue weighted by molar-refractivity contribution is 6.30. The summed E-state index contributed by atoms with van der Waals surface area (Å²) in [6.07, 6.45) is 6.62. The number of nitrogens with zero attached hydrogens (tertiary/aromatic N) is 1. The lowest BCUT2D eigenvalue weighted by atomic mass is 10.2. The fourth-order valence-corrected chi connectivity index (χ4v) is 2.02. The summed E-state index contributed by atoms with van der Waals surface area (Å²) in [4.78, 5) is 10.9. The Balaban J connectivity index is 1.95. The maximum Gasteiger partial charge on any atom is 0.352 e. The monoisotopic (exact) mass is 227 g/mol. The summed E-state index contributed by atoms with van der Waals surface area (Å²) < 4.78 is 1.73. The van der Waals surface area contributed by atoms with Crippen LogP contribution in [-0.2, 0) is 6.54 Å². The quantitative estimate of drug-likeness (QED) is 0.840. The van der Waals surface area contributed by atoms with Gasteiger partial charge < -0.3 is 9.67 Å². The van der Waals surface area contributed by atoms with Crippen LogP contribution in [0.4, 0.5) is 0 Å². The Morgan fingerprint density at radius 2 is 2.33 bits per heavy atom. The molecule has 1 fully saturated rings. The first kappa shape index (κ1) is 10.6. The molecule has 0 aromatic carbocycles. The average molecular weight is 228 g/mol. The number of carbonyl (C=O) groups is 1. The van der Waals surface area contributed by atoms with Crippen molar-refractivity contribution in [2.24, 2.45) is 5.92 Å². The van der Waals surface area contributed by atoms with Gasteiger partial charge in [-0.05, 0) is 24.8 Å². The highest BCUT2D eigenvalue weighted by atomic mass is 35.5. The largest absolute Gasteiger partial charge is 0.477 e. The number of aryl methyl sites for hydroxylation is 1. The van der Waals surface area contributed by atoms with Crippen LogP contribution in [0.1, 0.15) is 36.2 Å². The second kappa shape index (κ2) is 4.27. The van der Waals surface area contributed by atoms with Crippen molar-refractivity contribution < 1.29 is 9.90 Å². The molecule has 0 spiro atoms. The summed E-state index contributed by atoms with van der Waals surface area (Å²) in [5.74, 6) is -0.0161. The van der Waals surface area contributed by atoms with E-state index in [2.05, 4.69) is 0 Å². The number of aromatic nitrogens is 1. The molecule has 2 rings (SSSR count). The Hall–Kier alpha value is -0.960. The Bertz CT molecular complexity index is 369. The molecule has 1 aromatic rings. The van der Waals surface area contributed by atoms with Gasteiger partial charge in [-0.15, -0.1) is 0 Å². The van der Waals surface area contributed by atoms with E-state index in [0.29, 0.717) is 5.02 Å². The van der Waals surface area contributed by atoms with Gasteiger partial charge >= 0.3 is 5.97 Å². The highest BCUT2D eigenvalue weighted by Gasteiger charge is 2.20. The summed E-state index contributed by atoms with van der Waals surface area (Å²) in [6, 6.07) is 1.50. The van der Waals surface area contributed by atoms with Crippen LogP contribution in [0, 0.1) is 5.92 Å². The number of carboxylic acid groups (broad SMARTS) is 1. The minimum atomic E-state index is -0.909. The normalized spacial score (nSPS) is 15.5. The molecule has 0 saturated heterocycles. The smallest absolute Gasteiger partial charge is 0.352 e. The zero-order valence-electron chi connectivity index (χ0n) is 8.45. The third kappa shape index (κ3) is 2.75. The van der Waals surface area contributed by atoms with E-state index in [-0.39, 0.29) is 5.69 Å². The van der Waals surface area contributed by atoms with Gasteiger partial charge in [0.05, 0.1) is 5.02 Å². The number of rotatable bonds is 5. The lowest BCUT2D eigenvalue weighted by molar-refractivity contribution is 0.0685. The van der Waals surface area contributed by atoms with Gasteiger partial charge in [0.1, 0.15) is 5.69 Å². The number of carboxylic acids is 1. The van der Waals surface area contributed by atoms with Crippen LogP contribution >= 0.6 is 11.6 Å². The van der Waals surface area contributed by atoms with E-state index in [0.717, 1.165) is 18.9 Å². The summed E-state index contributed by atoms with van der Waals surface area (Å²) in [5, 5.41) is 9.42. The predicted molar refractivity (Wildman–Crippen MR) is 58.4 cm³/mol. The zero-order valence-corrected chi connectivity index (χ0v) is 9.20. The molecule has 3 nitrogen and oxygen atoms in total. The Labute approximate surface area is 93.7 Å². The predicted octanol–water partition coefficient (Wildman–Crippen LogP) is 3.03. The van der Waals surface area contributed by atoms with Crippen LogP contribution < -0.4 is 0 Å². The van der Waals surface area contributed by atoms with Crippen molar-refractivity contribution in [3.05, 3.63) is 23.0 Å². The van der Waals surface area contributed by atoms with Crippen molar-refractivity contribution in [3.8, 4) is 0 Å². The molecule has 1 heterocycles. The van der Waals surface area contributed by atoms with E-state index in [1.807, 2.05) is 0 Å². The molecule has 1 aliphatic carbocycles. The summed E-state index contributed by atoms with van der Waals surface area (Å²) in [6.45, 7) is 0.755. The molecular weight excluding hydrogens is 214 g/mol. The minimum absolute atomic E-state index is 0.288. The van der Waals surface area contributed by atoms with Crippen LogP contribution in [0.25, 0.3) is 0 Å². The Kier molecular flexibility index (Phi) is 3.00. The first-order chi connectivity index (χ1) is 7.16. The molecule has 1 aromatic heterocycles. The topological polar surface area (TPSA) is 42.2 Å². The third-order valence-electron chi connectivity index (χ3n) is 2.79. The lowest BCUT2D eigenvalue weighted by Crippen LogP contribution is -2.07. The van der Waals surface area contributed by atoms with Gasteiger partial charge in [-0.25, -0.2) is 4.79 Å². The van der Waals surface area contributed by atoms with Crippen molar-refractivity contribution in [1.82, 2.24) is 4.57 Å². The molecular formula is C11H14ClNO2. The SMILES string of the molecule is O=C(O)c1cc(Cl)cn1CCCC1CC1. The van der Waals surface area contributed by atoms with Gasteiger partial charge in [0.25, 0.3) is 0 Å². The molecule has 0 unspecified atom stereocenters. The van der Waals surface area contributed by atoms with Crippen LogP contribution in [0.15, 0.2) is 12.3 Å². The van der Waals surface area contributed by atoms with Gasteiger partial charge in [-0.2, -0.15) is 0 Å². The van der Waals surface area contributed by atoms with Crippen molar-refractivity contribution >= 4 is 17.6 Å². The molecule has 0 radical (unpaired) electrons. The van der Waals surface area contributed by atoms with E-state index in [9.17, 15) is 4.79 Å². The molecule has 0 aliphatic heterocycles. The fraction of sp³-hybridized carbons (Fsp3) is 0.545. The molecule has 82 valence electrons. The van der Waals surface area contributed by atoms with Gasteiger partial charge in [-0.3, -0.25) is 0 Å². The van der Waals surface area contributed by atoms with Crippen molar-refractivity contribution in [2.45, 2.75) is 32.2 Å². The molecule has 0 amide bonds. The van der Waals surface area contributed by atoms with Crippen molar-refractivity contribution in [3.63, 3.8) is 0 Å². The second-order valence-electron chi connectivity index (χ2n) is 4.13. The lowest BCUT2D eigenvalue weighted by Gasteiger charge is -2.04. The van der Waals surface area contributed by atoms with E-state index in [1.54, 1.807) is 10.8 Å². The van der Waals surface area contributed by atoms with Crippen molar-refractivity contribution in [2.75, 3.05) is 0 Å². The summed E-state index contributed by atoms with van der Waals surface area (Å²) in [7, 11) is 0. The standard InChI is InChI=1S/C11H14ClNO2/c12-9-6-10(11(14)15)13(7-9)5-1-2-8-3-4-8/h6-8H,1-5H2,(H,14,15). The molecule has 0 bridgehead atoms. The summed E-state index contributed by atoms with van der Waals surface area (Å²) >= 11 is 5.78. The third-order valence-corrected chi connectivity index (χ3v) is 3.00. The molecule has 4 heteroatoms. The second-order valence-corrected chi connectivity index (χ2v) is 4.56. The first-order valence-electron chi connectivity index (χ1n) is 5.26. The number of halogens is 1. The summed E-state index contributed by atoms with van der Waals surface area (Å²) in [5.41, 5.74) is 0.288. The maximum atomic E-state index is 10.9. The number of hydrogen-bond acceptors (Lipinski definition) is 1. The first-order valence-corrected chi connectivity index (χ1v) is 5.63. The Morgan fingerprint density at radius 1 is 1.60 bits per heavy atom. The number of hydrogen-bond donors (Lipinski definition) is 1. The van der Waals surface area contributed by atoms with Crippen molar-refractivity contribution in [1.29, 1.82) is 0 Å². The van der Waals surface area contributed by atoms with E-state index in [4.69, 9.17) is 16.7 Å². The maximum absolute atomic E-state index is 10.9. The van der Waals surface area contributed by atoms with Gasteiger partial charge in [0.2, 0.25) is 0 Å². The van der Waals surface area contributed by atoms with E-state index in [1.165, 1.54) is 25.3 Å². The fourth-order valence-electron chi connectivity index (χ4n) is 1.80. The molecule has 15 heavy (non-hydrogen) atoms. The van der Waals surface area contributed by atoms with Gasteiger partial charge in [-0.1, -0.05) is 24.4 Å². The molecule has 0 atom stereocenters. The van der Waals surface area contributed by atoms with E-state index < -0.39 is 5.97 Å². The van der Waals surface area contributed by atoms with Gasteiger partial charge in [0, 0.05) is 12.7 Å².